The fourth-order valence-electron chi connectivity index (χ4n) is 2.25. The van der Waals surface area contributed by atoms with Crippen LogP contribution in [0, 0.1) is 0 Å². The van der Waals surface area contributed by atoms with Crippen LogP contribution in [0.2, 0.25) is 0 Å². The first-order valence-electron chi connectivity index (χ1n) is 6.78. The third kappa shape index (κ3) is 2.76. The highest BCUT2D eigenvalue weighted by molar-refractivity contribution is 7.03. The van der Waals surface area contributed by atoms with Crippen LogP contribution in [0.5, 0.6) is 11.5 Å². The van der Waals surface area contributed by atoms with Crippen molar-refractivity contribution in [2.75, 3.05) is 19.8 Å². The summed E-state index contributed by atoms with van der Waals surface area (Å²) in [4.78, 5) is 0. The normalized spacial score (nSPS) is 15.7. The molecule has 3 rings (SSSR count). The number of nitrogens with one attached hydrogen (secondary N) is 1. The molecule has 0 bridgehead atoms. The van der Waals surface area contributed by atoms with E-state index in [1.807, 2.05) is 17.5 Å². The van der Waals surface area contributed by atoms with Crippen molar-refractivity contribution >= 4 is 11.5 Å². The van der Waals surface area contributed by atoms with Gasteiger partial charge >= 0.3 is 0 Å². The molecule has 1 aromatic carbocycles. The number of ether oxygens (including phenoxy) is 2. The first-order valence-corrected chi connectivity index (χ1v) is 7.62. The van der Waals surface area contributed by atoms with Gasteiger partial charge in [-0.2, -0.15) is 0 Å². The molecule has 1 aliphatic rings. The third-order valence-corrected chi connectivity index (χ3v) is 3.71. The number of aromatic nitrogens is 2. The number of hydrogen-bond acceptors (Lipinski definition) is 6. The van der Waals surface area contributed by atoms with Crippen molar-refractivity contribution in [3.8, 4) is 11.5 Å². The van der Waals surface area contributed by atoms with Gasteiger partial charge in [0.25, 0.3) is 0 Å². The molecular formula is C14H17N3O2S. The van der Waals surface area contributed by atoms with Crippen LogP contribution < -0.4 is 14.8 Å². The first-order chi connectivity index (χ1) is 9.88. The van der Waals surface area contributed by atoms with Crippen molar-refractivity contribution in [3.05, 3.63) is 34.8 Å². The lowest BCUT2D eigenvalue weighted by Crippen LogP contribution is -2.22. The Morgan fingerprint density at radius 2 is 2.15 bits per heavy atom. The molecule has 20 heavy (non-hydrogen) atoms. The maximum absolute atomic E-state index is 5.75. The highest BCUT2D eigenvalue weighted by Crippen LogP contribution is 2.33. The quantitative estimate of drug-likeness (QED) is 0.937. The monoisotopic (exact) mass is 291 g/mol. The maximum atomic E-state index is 5.75. The molecule has 2 aromatic rings. The van der Waals surface area contributed by atoms with Crippen LogP contribution in [0.4, 0.5) is 0 Å². The van der Waals surface area contributed by atoms with Crippen molar-refractivity contribution in [1.29, 1.82) is 0 Å². The Balaban J connectivity index is 1.93. The van der Waals surface area contributed by atoms with E-state index < -0.39 is 0 Å². The van der Waals surface area contributed by atoms with Crippen LogP contribution in [-0.2, 0) is 0 Å². The van der Waals surface area contributed by atoms with Crippen molar-refractivity contribution in [2.45, 2.75) is 19.4 Å². The molecule has 0 radical (unpaired) electrons. The van der Waals surface area contributed by atoms with Gasteiger partial charge in [0.2, 0.25) is 0 Å². The fraction of sp³-hybridized carbons (Fsp3) is 0.429. The molecule has 1 aliphatic heterocycles. The summed E-state index contributed by atoms with van der Waals surface area (Å²) in [5, 5.41) is 9.58. The lowest BCUT2D eigenvalue weighted by atomic mass is 10.0. The van der Waals surface area contributed by atoms with Crippen molar-refractivity contribution < 1.29 is 9.47 Å². The number of benzene rings is 1. The molecule has 1 aromatic heterocycles. The summed E-state index contributed by atoms with van der Waals surface area (Å²) in [6, 6.07) is 6.10. The van der Waals surface area contributed by atoms with E-state index in [1.54, 1.807) is 0 Å². The van der Waals surface area contributed by atoms with Gasteiger partial charge < -0.3 is 14.8 Å². The van der Waals surface area contributed by atoms with Crippen LogP contribution in [0.25, 0.3) is 0 Å². The Kier molecular flexibility index (Phi) is 4.13. The lowest BCUT2D eigenvalue weighted by Gasteiger charge is -2.17. The molecular weight excluding hydrogens is 274 g/mol. The molecule has 0 amide bonds. The second-order valence-electron chi connectivity index (χ2n) is 4.58. The van der Waals surface area contributed by atoms with Crippen LogP contribution in [-0.4, -0.2) is 29.3 Å². The van der Waals surface area contributed by atoms with Gasteiger partial charge in [-0.05, 0) is 35.8 Å². The third-order valence-electron chi connectivity index (χ3n) is 3.19. The van der Waals surface area contributed by atoms with Gasteiger partial charge in [0.05, 0.1) is 24.9 Å². The standard InChI is InChI=1S/C14H17N3O2S/c1-2-15-14(11-9-20-17-16-11)10-4-5-12-13(8-10)19-7-3-6-18-12/h4-5,8-9,14-15H,2-3,6-7H2,1H3. The van der Waals surface area contributed by atoms with Crippen LogP contribution in [0.15, 0.2) is 23.6 Å². The molecule has 0 saturated carbocycles. The highest BCUT2D eigenvalue weighted by atomic mass is 32.1. The van der Waals surface area contributed by atoms with E-state index >= 15 is 0 Å². The van der Waals surface area contributed by atoms with E-state index in [2.05, 4.69) is 27.9 Å². The molecule has 5 nitrogen and oxygen atoms in total. The Bertz CT molecular complexity index is 560. The van der Waals surface area contributed by atoms with Gasteiger partial charge in [0.15, 0.2) is 11.5 Å². The summed E-state index contributed by atoms with van der Waals surface area (Å²) >= 11 is 1.36. The molecule has 0 fully saturated rings. The van der Waals surface area contributed by atoms with Gasteiger partial charge in [-0.25, -0.2) is 0 Å². The SMILES string of the molecule is CCNC(c1ccc2c(c1)OCCCO2)c1csnn1. The molecule has 1 atom stereocenters. The molecule has 6 heteroatoms. The number of hydrogen-bond donors (Lipinski definition) is 1. The summed E-state index contributed by atoms with van der Waals surface area (Å²) in [5.74, 6) is 1.63. The Morgan fingerprint density at radius 1 is 1.30 bits per heavy atom. The zero-order valence-electron chi connectivity index (χ0n) is 11.3. The minimum Gasteiger partial charge on any atom is -0.490 e. The zero-order chi connectivity index (χ0) is 13.8. The average molecular weight is 291 g/mol. The summed E-state index contributed by atoms with van der Waals surface area (Å²) in [6.45, 7) is 4.34. The predicted octanol–water partition coefficient (Wildman–Crippen LogP) is 2.40. The minimum absolute atomic E-state index is 0.0379. The van der Waals surface area contributed by atoms with Crippen molar-refractivity contribution in [2.24, 2.45) is 0 Å². The molecule has 1 N–H and O–H groups in total. The second kappa shape index (κ2) is 6.19. The first kappa shape index (κ1) is 13.3. The number of nitrogens with zero attached hydrogens (tertiary/aromatic N) is 2. The Morgan fingerprint density at radius 3 is 2.90 bits per heavy atom. The van der Waals surface area contributed by atoms with E-state index in [0.29, 0.717) is 13.2 Å². The number of rotatable bonds is 4. The lowest BCUT2D eigenvalue weighted by molar-refractivity contribution is 0.297. The fourth-order valence-corrected chi connectivity index (χ4v) is 2.73. The summed E-state index contributed by atoms with van der Waals surface area (Å²) in [6.07, 6.45) is 0.913. The minimum atomic E-state index is 0.0379. The molecule has 0 aliphatic carbocycles. The van der Waals surface area contributed by atoms with Crippen LogP contribution >= 0.6 is 11.5 Å². The molecule has 0 spiro atoms. The average Bonchev–Trinajstić information content (AvgIpc) is 2.89. The highest BCUT2D eigenvalue weighted by Gasteiger charge is 2.19. The molecule has 2 heterocycles. The van der Waals surface area contributed by atoms with Gasteiger partial charge in [0.1, 0.15) is 0 Å². The smallest absolute Gasteiger partial charge is 0.161 e. The number of fused-ring (bicyclic) bond motifs is 1. The molecule has 106 valence electrons. The van der Waals surface area contributed by atoms with E-state index in [4.69, 9.17) is 9.47 Å². The summed E-state index contributed by atoms with van der Waals surface area (Å²) in [5.41, 5.74) is 2.05. The van der Waals surface area contributed by atoms with Crippen molar-refractivity contribution in [1.82, 2.24) is 14.9 Å². The summed E-state index contributed by atoms with van der Waals surface area (Å²) < 4.78 is 15.4. The van der Waals surface area contributed by atoms with Gasteiger partial charge in [-0.3, -0.25) is 0 Å². The van der Waals surface area contributed by atoms with Gasteiger partial charge in [0, 0.05) is 11.8 Å². The van der Waals surface area contributed by atoms with E-state index in [1.165, 1.54) is 11.5 Å². The van der Waals surface area contributed by atoms with E-state index in [-0.39, 0.29) is 6.04 Å². The Hall–Kier alpha value is -1.66. The predicted molar refractivity (Wildman–Crippen MR) is 77.5 cm³/mol. The van der Waals surface area contributed by atoms with Crippen LogP contribution in [0.3, 0.4) is 0 Å². The zero-order valence-corrected chi connectivity index (χ0v) is 12.2. The maximum Gasteiger partial charge on any atom is 0.161 e. The van der Waals surface area contributed by atoms with E-state index in [0.717, 1.165) is 35.7 Å². The van der Waals surface area contributed by atoms with Gasteiger partial charge in [-0.1, -0.05) is 17.5 Å². The molecule has 0 saturated heterocycles. The molecule has 1 unspecified atom stereocenters. The Labute approximate surface area is 122 Å². The van der Waals surface area contributed by atoms with Gasteiger partial charge in [-0.15, -0.1) is 5.10 Å². The summed E-state index contributed by atoms with van der Waals surface area (Å²) in [7, 11) is 0. The largest absolute Gasteiger partial charge is 0.490 e. The second-order valence-corrected chi connectivity index (χ2v) is 5.19. The topological polar surface area (TPSA) is 56.3 Å². The van der Waals surface area contributed by atoms with E-state index in [9.17, 15) is 0 Å². The van der Waals surface area contributed by atoms with Crippen molar-refractivity contribution in [3.63, 3.8) is 0 Å². The van der Waals surface area contributed by atoms with Crippen LogP contribution in [0.1, 0.15) is 30.6 Å².